The lowest BCUT2D eigenvalue weighted by Crippen LogP contribution is -1.96. The first-order valence-corrected chi connectivity index (χ1v) is 8.68. The van der Waals surface area contributed by atoms with Gasteiger partial charge in [0.1, 0.15) is 5.75 Å². The van der Waals surface area contributed by atoms with Crippen molar-refractivity contribution in [1.82, 2.24) is 4.57 Å². The number of nitrogens with zero attached hydrogens (tertiary/aromatic N) is 2. The van der Waals surface area contributed by atoms with Crippen LogP contribution in [0.1, 0.15) is 11.1 Å². The van der Waals surface area contributed by atoms with Gasteiger partial charge in [0.15, 0.2) is 0 Å². The van der Waals surface area contributed by atoms with E-state index in [4.69, 9.17) is 10.5 Å². The lowest BCUT2D eigenvalue weighted by molar-refractivity contribution is 0.413. The van der Waals surface area contributed by atoms with E-state index in [-0.39, 0.29) is 0 Å². The number of methoxy groups -OCH3 is 1. The highest BCUT2D eigenvalue weighted by Gasteiger charge is 2.16. The summed E-state index contributed by atoms with van der Waals surface area (Å²) < 4.78 is 7.66. The van der Waals surface area contributed by atoms with Crippen molar-refractivity contribution >= 4 is 16.6 Å². The van der Waals surface area contributed by atoms with E-state index in [1.54, 1.807) is 7.11 Å². The molecule has 3 aromatic carbocycles. The van der Waals surface area contributed by atoms with Crippen LogP contribution in [0.2, 0.25) is 0 Å². The molecule has 4 aromatic rings. The minimum absolute atomic E-state index is 0.628. The standard InChI is InChI=1S/C23H19N3O/c1-15-17(6-5-7-20(15)25)19-14-26(22-8-3-4-9-23(22)27-2)21-11-10-16(13-24)12-18(19)21/h3-12,14H,25H2,1-2H3. The second-order valence-corrected chi connectivity index (χ2v) is 6.45. The van der Waals surface area contributed by atoms with Crippen LogP contribution in [0.3, 0.4) is 0 Å². The third-order valence-corrected chi connectivity index (χ3v) is 4.94. The number of aromatic nitrogens is 1. The lowest BCUT2D eigenvalue weighted by atomic mass is 9.98. The predicted octanol–water partition coefficient (Wildman–Crippen LogP) is 5.07. The van der Waals surface area contributed by atoms with E-state index in [1.165, 1.54) is 0 Å². The number of anilines is 1. The summed E-state index contributed by atoms with van der Waals surface area (Å²) in [5.41, 5.74) is 12.6. The van der Waals surface area contributed by atoms with Crippen molar-refractivity contribution in [2.24, 2.45) is 0 Å². The van der Waals surface area contributed by atoms with E-state index in [1.807, 2.05) is 61.5 Å². The third kappa shape index (κ3) is 2.70. The van der Waals surface area contributed by atoms with Crippen LogP contribution in [0.5, 0.6) is 5.75 Å². The highest BCUT2D eigenvalue weighted by Crippen LogP contribution is 2.37. The molecule has 0 spiro atoms. The Balaban J connectivity index is 2.08. The molecule has 1 heterocycles. The summed E-state index contributed by atoms with van der Waals surface area (Å²) in [6, 6.07) is 21.8. The fourth-order valence-electron chi connectivity index (χ4n) is 3.49. The molecule has 1 aromatic heterocycles. The van der Waals surface area contributed by atoms with Crippen molar-refractivity contribution in [2.75, 3.05) is 12.8 Å². The van der Waals surface area contributed by atoms with Gasteiger partial charge in [0.05, 0.1) is 29.9 Å². The third-order valence-electron chi connectivity index (χ3n) is 4.94. The number of fused-ring (bicyclic) bond motifs is 1. The Hall–Kier alpha value is -3.71. The number of para-hydroxylation sites is 2. The summed E-state index contributed by atoms with van der Waals surface area (Å²) >= 11 is 0. The number of nitrogen functional groups attached to an aromatic ring is 1. The van der Waals surface area contributed by atoms with Gasteiger partial charge >= 0.3 is 0 Å². The zero-order chi connectivity index (χ0) is 19.0. The Morgan fingerprint density at radius 1 is 1.00 bits per heavy atom. The molecule has 0 aliphatic carbocycles. The molecule has 0 atom stereocenters. The number of hydrogen-bond acceptors (Lipinski definition) is 3. The number of ether oxygens (including phenoxy) is 1. The van der Waals surface area contributed by atoms with Crippen LogP contribution in [0.25, 0.3) is 27.7 Å². The van der Waals surface area contributed by atoms with Gasteiger partial charge in [0.2, 0.25) is 0 Å². The maximum atomic E-state index is 9.37. The Labute approximate surface area is 158 Å². The number of benzene rings is 3. The molecule has 0 aliphatic rings. The Kier molecular flexibility index (Phi) is 4.06. The normalized spacial score (nSPS) is 10.7. The highest BCUT2D eigenvalue weighted by atomic mass is 16.5. The van der Waals surface area contributed by atoms with Crippen LogP contribution in [-0.2, 0) is 0 Å². The van der Waals surface area contributed by atoms with Gasteiger partial charge in [0.25, 0.3) is 0 Å². The molecule has 4 heteroatoms. The predicted molar refractivity (Wildman–Crippen MR) is 109 cm³/mol. The fourth-order valence-corrected chi connectivity index (χ4v) is 3.49. The van der Waals surface area contributed by atoms with Gasteiger partial charge in [-0.3, -0.25) is 0 Å². The Morgan fingerprint density at radius 2 is 1.81 bits per heavy atom. The molecule has 132 valence electrons. The molecule has 0 bridgehead atoms. The van der Waals surface area contributed by atoms with Crippen LogP contribution < -0.4 is 10.5 Å². The molecule has 4 nitrogen and oxygen atoms in total. The maximum Gasteiger partial charge on any atom is 0.142 e. The maximum absolute atomic E-state index is 9.37. The fraction of sp³-hybridized carbons (Fsp3) is 0.0870. The minimum Gasteiger partial charge on any atom is -0.495 e. The first-order chi connectivity index (χ1) is 13.1. The highest BCUT2D eigenvalue weighted by molar-refractivity contribution is 5.99. The molecule has 0 saturated carbocycles. The average Bonchev–Trinajstić information content (AvgIpc) is 3.08. The number of nitriles is 1. The van der Waals surface area contributed by atoms with Gasteiger partial charge in [-0.05, 0) is 54.4 Å². The van der Waals surface area contributed by atoms with Crippen molar-refractivity contribution in [3.05, 3.63) is 78.0 Å². The van der Waals surface area contributed by atoms with Gasteiger partial charge in [-0.15, -0.1) is 0 Å². The Bertz CT molecular complexity index is 1200. The molecule has 0 unspecified atom stereocenters. The van der Waals surface area contributed by atoms with E-state index in [2.05, 4.69) is 22.9 Å². The molecule has 4 rings (SSSR count). The number of hydrogen-bond donors (Lipinski definition) is 1. The minimum atomic E-state index is 0.628. The van der Waals surface area contributed by atoms with Crippen LogP contribution in [0.4, 0.5) is 5.69 Å². The number of nitrogens with two attached hydrogens (primary N) is 1. The smallest absolute Gasteiger partial charge is 0.142 e. The summed E-state index contributed by atoms with van der Waals surface area (Å²) in [7, 11) is 1.67. The van der Waals surface area contributed by atoms with Crippen LogP contribution in [0.15, 0.2) is 66.9 Å². The average molecular weight is 353 g/mol. The van der Waals surface area contributed by atoms with E-state index < -0.39 is 0 Å². The van der Waals surface area contributed by atoms with Crippen molar-refractivity contribution in [3.63, 3.8) is 0 Å². The quantitative estimate of drug-likeness (QED) is 0.523. The molecule has 2 N–H and O–H groups in total. The molecule has 0 radical (unpaired) electrons. The van der Waals surface area contributed by atoms with E-state index in [9.17, 15) is 5.26 Å². The lowest BCUT2D eigenvalue weighted by Gasteiger charge is -2.10. The molecule has 0 saturated heterocycles. The summed E-state index contributed by atoms with van der Waals surface area (Å²) in [5.74, 6) is 0.787. The largest absolute Gasteiger partial charge is 0.495 e. The van der Waals surface area contributed by atoms with E-state index in [0.717, 1.165) is 44.7 Å². The van der Waals surface area contributed by atoms with E-state index in [0.29, 0.717) is 5.56 Å². The van der Waals surface area contributed by atoms with Crippen molar-refractivity contribution in [1.29, 1.82) is 5.26 Å². The summed E-state index contributed by atoms with van der Waals surface area (Å²) in [6.45, 7) is 2.02. The van der Waals surface area contributed by atoms with Crippen molar-refractivity contribution < 1.29 is 4.74 Å². The van der Waals surface area contributed by atoms with Gasteiger partial charge in [-0.2, -0.15) is 5.26 Å². The second kappa shape index (κ2) is 6.54. The first kappa shape index (κ1) is 16.7. The van der Waals surface area contributed by atoms with Gasteiger partial charge in [-0.25, -0.2) is 0 Å². The monoisotopic (exact) mass is 353 g/mol. The van der Waals surface area contributed by atoms with Gasteiger partial charge in [-0.1, -0.05) is 24.3 Å². The molecule has 0 fully saturated rings. The van der Waals surface area contributed by atoms with Crippen LogP contribution >= 0.6 is 0 Å². The molecular formula is C23H19N3O. The summed E-state index contributed by atoms with van der Waals surface area (Å²) in [6.07, 6.45) is 2.09. The summed E-state index contributed by atoms with van der Waals surface area (Å²) in [4.78, 5) is 0. The zero-order valence-electron chi connectivity index (χ0n) is 15.2. The molecule has 0 amide bonds. The van der Waals surface area contributed by atoms with Crippen molar-refractivity contribution in [2.45, 2.75) is 6.92 Å². The molecule has 0 aliphatic heterocycles. The SMILES string of the molecule is COc1ccccc1-n1cc(-c2cccc(N)c2C)c2cc(C#N)ccc21. The molecule has 27 heavy (non-hydrogen) atoms. The topological polar surface area (TPSA) is 64.0 Å². The molecular weight excluding hydrogens is 334 g/mol. The van der Waals surface area contributed by atoms with Gasteiger partial charge in [0, 0.05) is 22.8 Å². The van der Waals surface area contributed by atoms with Crippen LogP contribution in [-0.4, -0.2) is 11.7 Å². The van der Waals surface area contributed by atoms with Gasteiger partial charge < -0.3 is 15.0 Å². The second-order valence-electron chi connectivity index (χ2n) is 6.45. The van der Waals surface area contributed by atoms with Crippen molar-refractivity contribution in [3.8, 4) is 28.6 Å². The first-order valence-electron chi connectivity index (χ1n) is 8.68. The number of rotatable bonds is 3. The summed E-state index contributed by atoms with van der Waals surface area (Å²) in [5, 5.41) is 10.4. The van der Waals surface area contributed by atoms with Crippen LogP contribution in [0, 0.1) is 18.3 Å². The zero-order valence-corrected chi connectivity index (χ0v) is 15.2. The van der Waals surface area contributed by atoms with E-state index >= 15 is 0 Å². The Morgan fingerprint density at radius 3 is 2.59 bits per heavy atom.